The number of hydrogen-bond donors (Lipinski definition) is 0. The van der Waals surface area contributed by atoms with Crippen molar-refractivity contribution >= 4 is 36.6 Å². The number of hydrogen-bond acceptors (Lipinski definition) is 5. The first-order chi connectivity index (χ1) is 14.2. The zero-order valence-corrected chi connectivity index (χ0v) is 20.5. The van der Waals surface area contributed by atoms with Gasteiger partial charge in [-0.1, -0.05) is 20.8 Å². The number of anilines is 1. The maximum atomic E-state index is 13.7. The van der Waals surface area contributed by atoms with Crippen molar-refractivity contribution in [2.24, 2.45) is 0 Å². The molecule has 0 spiro atoms. The van der Waals surface area contributed by atoms with Crippen LogP contribution in [-0.4, -0.2) is 36.8 Å². The van der Waals surface area contributed by atoms with E-state index in [-0.39, 0.29) is 11.9 Å². The second-order valence-electron chi connectivity index (χ2n) is 8.69. The zero-order valence-electron chi connectivity index (χ0n) is 18.7. The molecule has 3 rings (SSSR count). The molecule has 1 saturated heterocycles. The van der Waals surface area contributed by atoms with Crippen LogP contribution < -0.4 is 4.90 Å². The highest BCUT2D eigenvalue weighted by Crippen LogP contribution is 2.43. The van der Waals surface area contributed by atoms with Crippen molar-refractivity contribution in [2.75, 3.05) is 4.90 Å². The lowest BCUT2D eigenvalue weighted by Crippen LogP contribution is -2.68. The van der Waals surface area contributed by atoms with E-state index in [4.69, 9.17) is 8.84 Å². The smallest absolute Gasteiger partial charge is 0.333 e. The number of urea groups is 1. The van der Waals surface area contributed by atoms with Crippen LogP contribution in [0.25, 0.3) is 0 Å². The molecule has 0 bridgehead atoms. The van der Waals surface area contributed by atoms with Gasteiger partial charge < -0.3 is 8.84 Å². The molecular formula is C22H32N2O4SSi. The van der Waals surface area contributed by atoms with Crippen LogP contribution in [0.4, 0.5) is 9.80 Å². The summed E-state index contributed by atoms with van der Waals surface area (Å²) in [5.41, 5.74) is -0.489. The van der Waals surface area contributed by atoms with Crippen molar-refractivity contribution in [3.8, 4) is 0 Å². The monoisotopic (exact) mass is 448 g/mol. The minimum atomic E-state index is -2.04. The maximum Gasteiger partial charge on any atom is 0.333 e. The number of imide groups is 1. The van der Waals surface area contributed by atoms with Crippen molar-refractivity contribution in [2.45, 2.75) is 77.4 Å². The number of nitrogens with zero attached hydrogens (tertiary/aromatic N) is 2. The van der Waals surface area contributed by atoms with Gasteiger partial charge in [0.05, 0.1) is 11.3 Å². The minimum absolute atomic E-state index is 0.278. The summed E-state index contributed by atoms with van der Waals surface area (Å²) in [6.45, 7) is 12.3. The van der Waals surface area contributed by atoms with Crippen LogP contribution in [0.1, 0.15) is 53.3 Å². The van der Waals surface area contributed by atoms with Crippen molar-refractivity contribution < 1.29 is 18.4 Å². The van der Waals surface area contributed by atoms with Crippen LogP contribution in [0.3, 0.4) is 0 Å². The summed E-state index contributed by atoms with van der Waals surface area (Å²) in [6, 6.07) is 9.33. The highest BCUT2D eigenvalue weighted by molar-refractivity contribution is 7.14. The average Bonchev–Trinajstić information content (AvgIpc) is 3.40. The molecule has 0 aromatic carbocycles. The summed E-state index contributed by atoms with van der Waals surface area (Å²) in [6.07, 6.45) is 0.903. The van der Waals surface area contributed by atoms with Gasteiger partial charge in [0, 0.05) is 5.54 Å². The number of amides is 3. The van der Waals surface area contributed by atoms with Gasteiger partial charge in [-0.05, 0) is 68.5 Å². The summed E-state index contributed by atoms with van der Waals surface area (Å²) in [7, 11) is -2.04. The first-order valence-corrected chi connectivity index (χ1v) is 14.0. The molecule has 1 fully saturated rings. The Labute approximate surface area is 183 Å². The topological polar surface area (TPSA) is 63.0 Å². The standard InChI is InChI=1S/C22H32N2O4SSi/c1-7-30(8-2,9-3)28-19-18(16-12-10-14-27-16)23(20(19)25)21(26)24(22(4,5)6)17-13-11-15-29-17/h10-15,18-19H,7-9H2,1-6H3/t18-,19+/m1/s1. The number of likely N-dealkylation sites (tertiary alicyclic amines) is 1. The second kappa shape index (κ2) is 8.68. The lowest BCUT2D eigenvalue weighted by atomic mass is 9.95. The predicted molar refractivity (Wildman–Crippen MR) is 122 cm³/mol. The molecule has 3 heterocycles. The molecule has 2 atom stereocenters. The van der Waals surface area contributed by atoms with Gasteiger partial charge in [-0.15, -0.1) is 11.3 Å². The van der Waals surface area contributed by atoms with E-state index in [9.17, 15) is 9.59 Å². The predicted octanol–water partition coefficient (Wildman–Crippen LogP) is 6.04. The number of furan rings is 1. The lowest BCUT2D eigenvalue weighted by Gasteiger charge is -2.50. The van der Waals surface area contributed by atoms with Gasteiger partial charge in [0.1, 0.15) is 11.8 Å². The van der Waals surface area contributed by atoms with Gasteiger partial charge in [0.15, 0.2) is 14.4 Å². The van der Waals surface area contributed by atoms with Gasteiger partial charge in [0.25, 0.3) is 5.91 Å². The molecule has 2 aromatic heterocycles. The fraction of sp³-hybridized carbons (Fsp3) is 0.545. The van der Waals surface area contributed by atoms with Gasteiger partial charge >= 0.3 is 6.03 Å². The first kappa shape index (κ1) is 22.8. The van der Waals surface area contributed by atoms with E-state index in [0.717, 1.165) is 23.1 Å². The lowest BCUT2D eigenvalue weighted by molar-refractivity contribution is -0.159. The van der Waals surface area contributed by atoms with Gasteiger partial charge in [0.2, 0.25) is 0 Å². The number of carbonyl (C=O) groups excluding carboxylic acids is 2. The summed E-state index contributed by atoms with van der Waals surface area (Å²) in [4.78, 5) is 29.9. The van der Waals surface area contributed by atoms with Gasteiger partial charge in [-0.3, -0.25) is 9.69 Å². The Morgan fingerprint density at radius 2 is 1.87 bits per heavy atom. The summed E-state index contributed by atoms with van der Waals surface area (Å²) in [5, 5.41) is 2.74. The van der Waals surface area contributed by atoms with E-state index in [0.29, 0.717) is 5.76 Å². The molecular weight excluding hydrogens is 416 g/mol. The molecule has 0 N–H and O–H groups in total. The van der Waals surface area contributed by atoms with Crippen LogP contribution in [-0.2, 0) is 9.22 Å². The SMILES string of the molecule is CC[Si](CC)(CC)O[C@@H]1C(=O)N(C(=O)N(c2cccs2)C(C)(C)C)[C@@H]1c1ccco1. The third kappa shape index (κ3) is 4.00. The van der Waals surface area contributed by atoms with E-state index in [1.54, 1.807) is 17.2 Å². The first-order valence-electron chi connectivity index (χ1n) is 10.6. The highest BCUT2D eigenvalue weighted by Gasteiger charge is 2.57. The van der Waals surface area contributed by atoms with Crippen LogP contribution >= 0.6 is 11.3 Å². The molecule has 1 aliphatic heterocycles. The molecule has 0 radical (unpaired) electrons. The zero-order chi connectivity index (χ0) is 22.1. The van der Waals surface area contributed by atoms with E-state index in [1.165, 1.54) is 16.2 Å². The van der Waals surface area contributed by atoms with Crippen molar-refractivity contribution in [3.63, 3.8) is 0 Å². The largest absolute Gasteiger partial charge is 0.467 e. The molecule has 1 aliphatic rings. The minimum Gasteiger partial charge on any atom is -0.467 e. The Kier molecular flexibility index (Phi) is 6.59. The Bertz CT molecular complexity index is 848. The van der Waals surface area contributed by atoms with Crippen LogP contribution in [0, 0.1) is 0 Å². The Hall–Kier alpha value is -1.90. The molecule has 0 aliphatic carbocycles. The van der Waals surface area contributed by atoms with Crippen molar-refractivity contribution in [3.05, 3.63) is 41.7 Å². The molecule has 164 valence electrons. The van der Waals surface area contributed by atoms with E-state index < -0.39 is 26.0 Å². The number of carbonyl (C=O) groups is 2. The second-order valence-corrected chi connectivity index (χ2v) is 14.3. The maximum absolute atomic E-state index is 13.7. The Morgan fingerprint density at radius 1 is 1.20 bits per heavy atom. The summed E-state index contributed by atoms with van der Waals surface area (Å²) in [5.74, 6) is 0.304. The fourth-order valence-corrected chi connectivity index (χ4v) is 7.69. The average molecular weight is 449 g/mol. The highest BCUT2D eigenvalue weighted by atomic mass is 32.1. The molecule has 6 nitrogen and oxygen atoms in total. The van der Waals surface area contributed by atoms with E-state index in [2.05, 4.69) is 20.8 Å². The molecule has 30 heavy (non-hydrogen) atoms. The fourth-order valence-electron chi connectivity index (χ4n) is 4.01. The third-order valence-corrected chi connectivity index (χ3v) is 11.5. The van der Waals surface area contributed by atoms with Crippen LogP contribution in [0.2, 0.25) is 18.1 Å². The third-order valence-electron chi connectivity index (χ3n) is 5.99. The van der Waals surface area contributed by atoms with E-state index in [1.807, 2.05) is 44.4 Å². The molecule has 3 amide bonds. The van der Waals surface area contributed by atoms with E-state index >= 15 is 0 Å². The molecule has 0 saturated carbocycles. The van der Waals surface area contributed by atoms with Crippen LogP contribution in [0.5, 0.6) is 0 Å². The quantitative estimate of drug-likeness (QED) is 0.383. The Balaban J connectivity index is 1.96. The number of thiophene rings is 1. The number of β-lactam (4-membered cyclic amide) rings is 1. The van der Waals surface area contributed by atoms with Crippen molar-refractivity contribution in [1.29, 1.82) is 0 Å². The van der Waals surface area contributed by atoms with Crippen molar-refractivity contribution in [1.82, 2.24) is 4.90 Å². The van der Waals surface area contributed by atoms with Gasteiger partial charge in [-0.2, -0.15) is 0 Å². The molecule has 2 aromatic rings. The summed E-state index contributed by atoms with van der Waals surface area (Å²) < 4.78 is 12.2. The molecule has 0 unspecified atom stereocenters. The number of rotatable bonds is 7. The van der Waals surface area contributed by atoms with Gasteiger partial charge in [-0.25, -0.2) is 9.69 Å². The summed E-state index contributed by atoms with van der Waals surface area (Å²) >= 11 is 1.48. The van der Waals surface area contributed by atoms with Crippen LogP contribution in [0.15, 0.2) is 40.3 Å². The molecule has 8 heteroatoms. The Morgan fingerprint density at radius 3 is 2.33 bits per heavy atom. The normalized spacial score (nSPS) is 19.7.